The first kappa shape index (κ1) is 18.2. The molecule has 6 heteroatoms. The minimum absolute atomic E-state index is 0.310. The molecule has 0 aliphatic rings. The van der Waals surface area contributed by atoms with Gasteiger partial charge in [0.1, 0.15) is 5.25 Å². The number of hydrogen-bond donors (Lipinski definition) is 0. The van der Waals surface area contributed by atoms with Crippen LogP contribution in [0.2, 0.25) is 5.02 Å². The number of nitriles is 1. The zero-order valence-electron chi connectivity index (χ0n) is 13.3. The summed E-state index contributed by atoms with van der Waals surface area (Å²) in [7, 11) is 0. The maximum atomic E-state index is 12.3. The summed E-state index contributed by atoms with van der Waals surface area (Å²) >= 11 is 7.23. The molecule has 1 atom stereocenters. The standard InChI is InChI=1S/C18H16ClNO3S/c1-3-22-17-10-13(11-20)4-9-16(17)23-18(21)12(2)24-15-7-5-14(19)6-8-15/h4-10,12H,3H2,1-2H3. The van der Waals surface area contributed by atoms with Crippen molar-refractivity contribution in [1.29, 1.82) is 5.26 Å². The number of halogens is 1. The van der Waals surface area contributed by atoms with Gasteiger partial charge in [-0.05, 0) is 50.2 Å². The van der Waals surface area contributed by atoms with Crippen LogP contribution in [0.1, 0.15) is 19.4 Å². The fourth-order valence-electron chi connectivity index (χ4n) is 1.89. The van der Waals surface area contributed by atoms with Crippen LogP contribution < -0.4 is 9.47 Å². The lowest BCUT2D eigenvalue weighted by molar-refractivity contribution is -0.133. The third-order valence-corrected chi connectivity index (χ3v) is 4.38. The van der Waals surface area contributed by atoms with Crippen molar-refractivity contribution in [2.24, 2.45) is 0 Å². The van der Waals surface area contributed by atoms with Gasteiger partial charge in [-0.3, -0.25) is 4.79 Å². The van der Waals surface area contributed by atoms with E-state index in [2.05, 4.69) is 0 Å². The lowest BCUT2D eigenvalue weighted by Crippen LogP contribution is -2.20. The van der Waals surface area contributed by atoms with E-state index in [1.54, 1.807) is 37.3 Å². The summed E-state index contributed by atoms with van der Waals surface area (Å²) in [4.78, 5) is 13.2. The van der Waals surface area contributed by atoms with Gasteiger partial charge in [-0.2, -0.15) is 5.26 Å². The van der Waals surface area contributed by atoms with Gasteiger partial charge in [0.25, 0.3) is 0 Å². The molecular weight excluding hydrogens is 346 g/mol. The van der Waals surface area contributed by atoms with Gasteiger partial charge in [-0.25, -0.2) is 0 Å². The van der Waals surface area contributed by atoms with E-state index in [1.165, 1.54) is 11.8 Å². The summed E-state index contributed by atoms with van der Waals surface area (Å²) in [5.41, 5.74) is 0.446. The van der Waals surface area contributed by atoms with E-state index in [1.807, 2.05) is 25.1 Å². The SMILES string of the molecule is CCOc1cc(C#N)ccc1OC(=O)C(C)Sc1ccc(Cl)cc1. The summed E-state index contributed by atoms with van der Waals surface area (Å²) in [5, 5.41) is 9.19. The van der Waals surface area contributed by atoms with E-state index in [9.17, 15) is 4.79 Å². The van der Waals surface area contributed by atoms with E-state index in [0.29, 0.717) is 28.7 Å². The first-order valence-corrected chi connectivity index (χ1v) is 8.60. The molecule has 0 aliphatic carbocycles. The summed E-state index contributed by atoms with van der Waals surface area (Å²) in [6, 6.07) is 14.0. The normalized spacial score (nSPS) is 11.4. The molecule has 2 aromatic rings. The summed E-state index contributed by atoms with van der Waals surface area (Å²) in [6.45, 7) is 4.00. The molecule has 0 heterocycles. The largest absolute Gasteiger partial charge is 0.490 e. The molecule has 1 unspecified atom stereocenters. The molecule has 0 fully saturated rings. The predicted octanol–water partition coefficient (Wildman–Crippen LogP) is 4.70. The highest BCUT2D eigenvalue weighted by Crippen LogP contribution is 2.31. The molecule has 0 spiro atoms. The molecule has 24 heavy (non-hydrogen) atoms. The zero-order valence-corrected chi connectivity index (χ0v) is 14.9. The molecule has 0 amide bonds. The summed E-state index contributed by atoms with van der Waals surface area (Å²) < 4.78 is 10.9. The lowest BCUT2D eigenvalue weighted by Gasteiger charge is -2.14. The molecule has 2 aromatic carbocycles. The van der Waals surface area contributed by atoms with Crippen LogP contribution in [-0.2, 0) is 4.79 Å². The quantitative estimate of drug-likeness (QED) is 0.424. The number of esters is 1. The van der Waals surface area contributed by atoms with Crippen molar-refractivity contribution in [1.82, 2.24) is 0 Å². The molecule has 0 aliphatic heterocycles. The Labute approximate surface area is 150 Å². The molecular formula is C18H16ClNO3S. The molecule has 2 rings (SSSR count). The fraction of sp³-hybridized carbons (Fsp3) is 0.222. The Kier molecular flexibility index (Phi) is 6.53. The monoisotopic (exact) mass is 361 g/mol. The Bertz CT molecular complexity index is 756. The number of carbonyl (C=O) groups excluding carboxylic acids is 1. The maximum absolute atomic E-state index is 12.3. The van der Waals surface area contributed by atoms with E-state index in [-0.39, 0.29) is 5.97 Å². The summed E-state index contributed by atoms with van der Waals surface area (Å²) in [5.74, 6) is 0.304. The molecule has 0 bridgehead atoms. The second kappa shape index (κ2) is 8.62. The number of ether oxygens (including phenoxy) is 2. The van der Waals surface area contributed by atoms with Crippen molar-refractivity contribution in [3.8, 4) is 17.6 Å². The molecule has 0 saturated heterocycles. The second-order valence-corrected chi connectivity index (χ2v) is 6.69. The predicted molar refractivity (Wildman–Crippen MR) is 94.7 cm³/mol. The zero-order chi connectivity index (χ0) is 17.5. The number of thioether (sulfide) groups is 1. The first-order valence-electron chi connectivity index (χ1n) is 7.34. The van der Waals surface area contributed by atoms with E-state index in [0.717, 1.165) is 4.90 Å². The number of rotatable bonds is 6. The third kappa shape index (κ3) is 4.92. The lowest BCUT2D eigenvalue weighted by atomic mass is 10.2. The van der Waals surface area contributed by atoms with Crippen LogP contribution in [0, 0.1) is 11.3 Å². The van der Waals surface area contributed by atoms with Crippen LogP contribution in [0.5, 0.6) is 11.5 Å². The minimum atomic E-state index is -0.406. The van der Waals surface area contributed by atoms with Crippen LogP contribution in [0.3, 0.4) is 0 Å². The average Bonchev–Trinajstić information content (AvgIpc) is 2.58. The van der Waals surface area contributed by atoms with Crippen molar-refractivity contribution < 1.29 is 14.3 Å². The number of hydrogen-bond acceptors (Lipinski definition) is 5. The van der Waals surface area contributed by atoms with Crippen molar-refractivity contribution >= 4 is 29.3 Å². The summed E-state index contributed by atoms with van der Waals surface area (Å²) in [6.07, 6.45) is 0. The van der Waals surface area contributed by atoms with Crippen molar-refractivity contribution in [2.45, 2.75) is 24.0 Å². The minimum Gasteiger partial charge on any atom is -0.490 e. The second-order valence-electron chi connectivity index (χ2n) is 4.84. The Hall–Kier alpha value is -2.16. The van der Waals surface area contributed by atoms with Crippen molar-refractivity contribution in [3.05, 3.63) is 53.1 Å². The van der Waals surface area contributed by atoms with Gasteiger partial charge in [0.05, 0.1) is 18.2 Å². The van der Waals surface area contributed by atoms with Gasteiger partial charge < -0.3 is 9.47 Å². The Morgan fingerprint density at radius 3 is 2.58 bits per heavy atom. The van der Waals surface area contributed by atoms with Gasteiger partial charge in [0, 0.05) is 16.0 Å². The number of carbonyl (C=O) groups is 1. The number of nitrogens with zero attached hydrogens (tertiary/aromatic N) is 1. The Morgan fingerprint density at radius 1 is 1.25 bits per heavy atom. The smallest absolute Gasteiger partial charge is 0.324 e. The highest BCUT2D eigenvalue weighted by molar-refractivity contribution is 8.00. The average molecular weight is 362 g/mol. The molecule has 124 valence electrons. The highest BCUT2D eigenvalue weighted by atomic mass is 35.5. The molecule has 0 saturated carbocycles. The highest BCUT2D eigenvalue weighted by Gasteiger charge is 2.19. The third-order valence-electron chi connectivity index (χ3n) is 3.04. The fourth-order valence-corrected chi connectivity index (χ4v) is 2.86. The van der Waals surface area contributed by atoms with Crippen LogP contribution >= 0.6 is 23.4 Å². The van der Waals surface area contributed by atoms with E-state index >= 15 is 0 Å². The van der Waals surface area contributed by atoms with Gasteiger partial charge in [-0.1, -0.05) is 11.6 Å². The molecule has 0 N–H and O–H groups in total. The Balaban J connectivity index is 2.08. The van der Waals surface area contributed by atoms with Gasteiger partial charge in [0.15, 0.2) is 11.5 Å². The topological polar surface area (TPSA) is 59.3 Å². The molecule has 0 aromatic heterocycles. The maximum Gasteiger partial charge on any atom is 0.324 e. The Morgan fingerprint density at radius 2 is 1.96 bits per heavy atom. The van der Waals surface area contributed by atoms with E-state index in [4.69, 9.17) is 26.3 Å². The molecule has 4 nitrogen and oxygen atoms in total. The van der Waals surface area contributed by atoms with Gasteiger partial charge >= 0.3 is 5.97 Å². The van der Waals surface area contributed by atoms with Crippen molar-refractivity contribution in [3.63, 3.8) is 0 Å². The van der Waals surface area contributed by atoms with Crippen LogP contribution in [-0.4, -0.2) is 17.8 Å². The van der Waals surface area contributed by atoms with Crippen molar-refractivity contribution in [2.75, 3.05) is 6.61 Å². The first-order chi connectivity index (χ1) is 11.5. The van der Waals surface area contributed by atoms with Gasteiger partial charge in [-0.15, -0.1) is 11.8 Å². The van der Waals surface area contributed by atoms with Gasteiger partial charge in [0.2, 0.25) is 0 Å². The van der Waals surface area contributed by atoms with Crippen LogP contribution in [0.15, 0.2) is 47.4 Å². The van der Waals surface area contributed by atoms with E-state index < -0.39 is 5.25 Å². The number of benzene rings is 2. The molecule has 0 radical (unpaired) electrons. The van der Waals surface area contributed by atoms with Crippen LogP contribution in [0.25, 0.3) is 0 Å². The van der Waals surface area contributed by atoms with Crippen LogP contribution in [0.4, 0.5) is 0 Å².